The predicted octanol–water partition coefficient (Wildman–Crippen LogP) is 1.27. The van der Waals surface area contributed by atoms with Gasteiger partial charge in [-0.3, -0.25) is 14.2 Å². The molecule has 1 aliphatic heterocycles. The molecule has 2 N–H and O–H groups in total. The number of amides is 1. The van der Waals surface area contributed by atoms with Crippen LogP contribution in [0.2, 0.25) is 0 Å². The molecule has 1 aliphatic rings. The van der Waals surface area contributed by atoms with Gasteiger partial charge in [-0.15, -0.1) is 0 Å². The number of fused-ring (bicyclic) bond motifs is 1. The predicted molar refractivity (Wildman–Crippen MR) is 92.3 cm³/mol. The second-order valence-corrected chi connectivity index (χ2v) is 6.75. The summed E-state index contributed by atoms with van der Waals surface area (Å²) in [5.41, 5.74) is 0.426. The highest BCUT2D eigenvalue weighted by atomic mass is 79.9. The van der Waals surface area contributed by atoms with E-state index in [4.69, 9.17) is 0 Å². The normalized spacial score (nSPS) is 17.5. The van der Waals surface area contributed by atoms with Crippen LogP contribution < -0.4 is 16.2 Å². The zero-order valence-corrected chi connectivity index (χ0v) is 14.3. The lowest BCUT2D eigenvalue weighted by molar-refractivity contribution is -0.121. The van der Waals surface area contributed by atoms with Crippen LogP contribution in [0.25, 0.3) is 10.9 Å². The summed E-state index contributed by atoms with van der Waals surface area (Å²) in [6.45, 7) is 2.73. The fourth-order valence-electron chi connectivity index (χ4n) is 2.83. The number of hydrogen-bond donors (Lipinski definition) is 2. The lowest BCUT2D eigenvalue weighted by Crippen LogP contribution is -2.33. The molecule has 2 heterocycles. The van der Waals surface area contributed by atoms with Crippen molar-refractivity contribution in [1.82, 2.24) is 20.2 Å². The Bertz CT molecular complexity index is 768. The molecule has 3 rings (SSSR count). The van der Waals surface area contributed by atoms with E-state index in [2.05, 4.69) is 31.5 Å². The molecule has 1 amide bonds. The molecule has 1 saturated heterocycles. The van der Waals surface area contributed by atoms with Crippen LogP contribution in [0, 0.1) is 5.92 Å². The van der Waals surface area contributed by atoms with Crippen LogP contribution >= 0.6 is 15.9 Å². The summed E-state index contributed by atoms with van der Waals surface area (Å²) in [5.74, 6) is 0.479. The van der Waals surface area contributed by atoms with Gasteiger partial charge in [0.15, 0.2) is 0 Å². The molecule has 2 aromatic rings. The number of aromatic nitrogens is 2. The molecule has 1 aromatic heterocycles. The lowest BCUT2D eigenvalue weighted by Gasteiger charge is -2.10. The second kappa shape index (κ2) is 7.23. The third-order valence-corrected chi connectivity index (χ3v) is 4.63. The first-order valence-electron chi connectivity index (χ1n) is 7.75. The maximum atomic E-state index is 12.4. The van der Waals surface area contributed by atoms with E-state index in [1.54, 1.807) is 12.1 Å². The van der Waals surface area contributed by atoms with Crippen LogP contribution in [0.3, 0.4) is 0 Å². The average molecular weight is 379 g/mol. The SMILES string of the molecule is O=C(Cn1cnc2ccc(Br)cc2c1=O)NCCC1CCNC1. The molecule has 1 unspecified atom stereocenters. The van der Waals surface area contributed by atoms with E-state index in [-0.39, 0.29) is 18.0 Å². The molecule has 7 heteroatoms. The third-order valence-electron chi connectivity index (χ3n) is 4.14. The molecule has 23 heavy (non-hydrogen) atoms. The van der Waals surface area contributed by atoms with Gasteiger partial charge in [0.1, 0.15) is 6.54 Å². The van der Waals surface area contributed by atoms with Gasteiger partial charge in [0.25, 0.3) is 5.56 Å². The summed E-state index contributed by atoms with van der Waals surface area (Å²) in [6.07, 6.45) is 3.56. The Hall–Kier alpha value is -1.73. The summed E-state index contributed by atoms with van der Waals surface area (Å²) in [6, 6.07) is 5.34. The van der Waals surface area contributed by atoms with Crippen LogP contribution in [0.15, 0.2) is 33.8 Å². The second-order valence-electron chi connectivity index (χ2n) is 5.84. The topological polar surface area (TPSA) is 76.0 Å². The Labute approximate surface area is 142 Å². The molecule has 6 nitrogen and oxygen atoms in total. The number of hydrogen-bond acceptors (Lipinski definition) is 4. The number of halogens is 1. The third kappa shape index (κ3) is 3.97. The molecule has 0 radical (unpaired) electrons. The van der Waals surface area contributed by atoms with Crippen molar-refractivity contribution in [2.75, 3.05) is 19.6 Å². The van der Waals surface area contributed by atoms with Gasteiger partial charge >= 0.3 is 0 Å². The van der Waals surface area contributed by atoms with Crippen LogP contribution in [0.1, 0.15) is 12.8 Å². The van der Waals surface area contributed by atoms with Crippen molar-refractivity contribution in [2.24, 2.45) is 5.92 Å². The van der Waals surface area contributed by atoms with Gasteiger partial charge in [-0.25, -0.2) is 4.98 Å². The molecule has 0 bridgehead atoms. The fraction of sp³-hybridized carbons (Fsp3) is 0.438. The van der Waals surface area contributed by atoms with E-state index in [0.717, 1.165) is 24.0 Å². The van der Waals surface area contributed by atoms with Crippen molar-refractivity contribution in [1.29, 1.82) is 0 Å². The largest absolute Gasteiger partial charge is 0.355 e. The molecule has 0 saturated carbocycles. The van der Waals surface area contributed by atoms with E-state index in [9.17, 15) is 9.59 Å². The van der Waals surface area contributed by atoms with Crippen molar-refractivity contribution < 1.29 is 4.79 Å². The number of nitrogens with one attached hydrogen (secondary N) is 2. The van der Waals surface area contributed by atoms with Gasteiger partial charge in [-0.2, -0.15) is 0 Å². The van der Waals surface area contributed by atoms with Crippen molar-refractivity contribution in [3.05, 3.63) is 39.4 Å². The number of carbonyl (C=O) groups excluding carboxylic acids is 1. The van der Waals surface area contributed by atoms with Gasteiger partial charge < -0.3 is 10.6 Å². The zero-order chi connectivity index (χ0) is 16.2. The van der Waals surface area contributed by atoms with Gasteiger partial charge in [-0.1, -0.05) is 15.9 Å². The van der Waals surface area contributed by atoms with E-state index in [1.807, 2.05) is 6.07 Å². The maximum absolute atomic E-state index is 12.4. The quantitative estimate of drug-likeness (QED) is 0.821. The maximum Gasteiger partial charge on any atom is 0.261 e. The minimum Gasteiger partial charge on any atom is -0.355 e. The van der Waals surface area contributed by atoms with Crippen molar-refractivity contribution in [3.8, 4) is 0 Å². The van der Waals surface area contributed by atoms with Crippen LogP contribution in [-0.2, 0) is 11.3 Å². The summed E-state index contributed by atoms with van der Waals surface area (Å²) in [4.78, 5) is 28.7. The number of benzene rings is 1. The van der Waals surface area contributed by atoms with Crippen LogP contribution in [-0.4, -0.2) is 35.1 Å². The fourth-order valence-corrected chi connectivity index (χ4v) is 3.19. The summed E-state index contributed by atoms with van der Waals surface area (Å²) in [5, 5.41) is 6.70. The first-order valence-corrected chi connectivity index (χ1v) is 8.55. The Balaban J connectivity index is 1.62. The highest BCUT2D eigenvalue weighted by Crippen LogP contribution is 2.14. The molecule has 1 fully saturated rings. The minimum absolute atomic E-state index is 0.00277. The first-order chi connectivity index (χ1) is 11.1. The first kappa shape index (κ1) is 16.1. The molecular formula is C16H19BrN4O2. The van der Waals surface area contributed by atoms with Gasteiger partial charge in [-0.05, 0) is 50.0 Å². The van der Waals surface area contributed by atoms with E-state index >= 15 is 0 Å². The highest BCUT2D eigenvalue weighted by Gasteiger charge is 2.14. The number of nitrogens with zero attached hydrogens (tertiary/aromatic N) is 2. The molecule has 1 atom stereocenters. The average Bonchev–Trinajstić information content (AvgIpc) is 3.04. The van der Waals surface area contributed by atoms with E-state index in [0.29, 0.717) is 23.4 Å². The molecule has 122 valence electrons. The van der Waals surface area contributed by atoms with Crippen LogP contribution in [0.5, 0.6) is 0 Å². The molecule has 0 spiro atoms. The smallest absolute Gasteiger partial charge is 0.261 e. The van der Waals surface area contributed by atoms with Gasteiger partial charge in [0.05, 0.1) is 17.2 Å². The number of rotatable bonds is 5. The highest BCUT2D eigenvalue weighted by molar-refractivity contribution is 9.10. The van der Waals surface area contributed by atoms with Crippen LogP contribution in [0.4, 0.5) is 0 Å². The molecular weight excluding hydrogens is 360 g/mol. The van der Waals surface area contributed by atoms with E-state index < -0.39 is 0 Å². The van der Waals surface area contributed by atoms with Crippen molar-refractivity contribution in [3.63, 3.8) is 0 Å². The zero-order valence-electron chi connectivity index (χ0n) is 12.7. The Kier molecular flexibility index (Phi) is 5.07. The summed E-state index contributed by atoms with van der Waals surface area (Å²) in [7, 11) is 0. The summed E-state index contributed by atoms with van der Waals surface area (Å²) < 4.78 is 2.16. The van der Waals surface area contributed by atoms with E-state index in [1.165, 1.54) is 17.3 Å². The van der Waals surface area contributed by atoms with Crippen molar-refractivity contribution >= 4 is 32.7 Å². The standard InChI is InChI=1S/C16H19BrN4O2/c17-12-1-2-14-13(7-12)16(23)21(10-20-14)9-15(22)19-6-4-11-3-5-18-8-11/h1-2,7,10-11,18H,3-6,8-9H2,(H,19,22). The number of carbonyl (C=O) groups is 1. The van der Waals surface area contributed by atoms with Gasteiger partial charge in [0.2, 0.25) is 5.91 Å². The van der Waals surface area contributed by atoms with Crippen molar-refractivity contribution in [2.45, 2.75) is 19.4 Å². The Morgan fingerprint density at radius 2 is 2.35 bits per heavy atom. The molecule has 1 aromatic carbocycles. The minimum atomic E-state index is -0.202. The Morgan fingerprint density at radius 3 is 3.13 bits per heavy atom. The monoisotopic (exact) mass is 378 g/mol. The van der Waals surface area contributed by atoms with Gasteiger partial charge in [0, 0.05) is 11.0 Å². The lowest BCUT2D eigenvalue weighted by atomic mass is 10.1. The Morgan fingerprint density at radius 1 is 1.48 bits per heavy atom. The summed E-state index contributed by atoms with van der Waals surface area (Å²) >= 11 is 3.35. The molecule has 0 aliphatic carbocycles.